The van der Waals surface area contributed by atoms with Crippen LogP contribution >= 0.6 is 0 Å². The van der Waals surface area contributed by atoms with Crippen LogP contribution in [0.15, 0.2) is 12.4 Å². The fraction of sp³-hybridized carbons (Fsp3) is 0.812. The number of likely N-dealkylation sites (tertiary alicyclic amines) is 1. The van der Waals surface area contributed by atoms with Crippen LogP contribution in [0.25, 0.3) is 0 Å². The smallest absolute Gasteiger partial charge is 0.105 e. The Balaban J connectivity index is 1.80. The third kappa shape index (κ3) is 4.06. The molecule has 0 atom stereocenters. The fourth-order valence-corrected chi connectivity index (χ4v) is 3.26. The van der Waals surface area contributed by atoms with Crippen LogP contribution in [0.3, 0.4) is 0 Å². The second-order valence-corrected chi connectivity index (χ2v) is 6.77. The van der Waals surface area contributed by atoms with Crippen molar-refractivity contribution in [2.75, 3.05) is 33.2 Å². The van der Waals surface area contributed by atoms with E-state index in [-0.39, 0.29) is 5.54 Å². The van der Waals surface area contributed by atoms with Gasteiger partial charge in [-0.25, -0.2) is 4.98 Å². The molecule has 1 aliphatic heterocycles. The Kier molecular flexibility index (Phi) is 5.22. The topological polar surface area (TPSA) is 24.3 Å². The molecule has 0 N–H and O–H groups in total. The predicted octanol–water partition coefficient (Wildman–Crippen LogP) is 2.39. The van der Waals surface area contributed by atoms with Crippen molar-refractivity contribution in [2.24, 2.45) is 0 Å². The lowest BCUT2D eigenvalue weighted by atomic mass is 9.98. The van der Waals surface area contributed by atoms with E-state index in [4.69, 9.17) is 0 Å². The molecule has 20 heavy (non-hydrogen) atoms. The molecule has 0 saturated carbocycles. The Bertz CT molecular complexity index is 404. The van der Waals surface area contributed by atoms with E-state index >= 15 is 0 Å². The number of piperidine rings is 1. The average molecular weight is 278 g/mol. The molecule has 0 amide bonds. The number of hydrogen-bond acceptors (Lipinski definition) is 3. The normalized spacial score (nSPS) is 17.9. The molecule has 1 aliphatic rings. The molecule has 0 spiro atoms. The number of rotatable bonds is 6. The second-order valence-electron chi connectivity index (χ2n) is 6.77. The van der Waals surface area contributed by atoms with Crippen molar-refractivity contribution in [3.63, 3.8) is 0 Å². The molecule has 0 unspecified atom stereocenters. The Morgan fingerprint density at radius 1 is 1.25 bits per heavy atom. The van der Waals surface area contributed by atoms with Crippen molar-refractivity contribution in [3.05, 3.63) is 18.2 Å². The molecule has 0 aromatic carbocycles. The van der Waals surface area contributed by atoms with E-state index in [0.29, 0.717) is 0 Å². The number of aromatic nitrogens is 2. The van der Waals surface area contributed by atoms with Gasteiger partial charge in [0.25, 0.3) is 0 Å². The van der Waals surface area contributed by atoms with Gasteiger partial charge in [-0.1, -0.05) is 6.42 Å². The maximum Gasteiger partial charge on any atom is 0.105 e. The van der Waals surface area contributed by atoms with E-state index in [2.05, 4.69) is 53.4 Å². The summed E-state index contributed by atoms with van der Waals surface area (Å²) < 4.78 is 2.23. The highest BCUT2D eigenvalue weighted by Crippen LogP contribution is 2.21. The maximum atomic E-state index is 4.28. The number of imidazole rings is 1. The third-order valence-corrected chi connectivity index (χ3v) is 4.52. The third-order valence-electron chi connectivity index (χ3n) is 4.52. The molecule has 4 nitrogen and oxygen atoms in total. The zero-order valence-corrected chi connectivity index (χ0v) is 13.6. The van der Waals surface area contributed by atoms with Crippen molar-refractivity contribution in [3.8, 4) is 0 Å². The molecule has 0 radical (unpaired) electrons. The van der Waals surface area contributed by atoms with Gasteiger partial charge in [0.05, 0.1) is 0 Å². The number of likely N-dealkylation sites (N-methyl/N-ethyl adjacent to an activating group) is 1. The molecule has 114 valence electrons. The SMILES string of the molecule is Cc1nccn1CCN(C)CC(C)(C)N1CCCCC1. The van der Waals surface area contributed by atoms with Crippen LogP contribution in [0.4, 0.5) is 0 Å². The van der Waals surface area contributed by atoms with Gasteiger partial charge in [-0.2, -0.15) is 0 Å². The zero-order valence-electron chi connectivity index (χ0n) is 13.6. The van der Waals surface area contributed by atoms with Crippen molar-refractivity contribution >= 4 is 0 Å². The quantitative estimate of drug-likeness (QED) is 0.798. The van der Waals surface area contributed by atoms with Gasteiger partial charge in [0.2, 0.25) is 0 Å². The highest BCUT2D eigenvalue weighted by atomic mass is 15.2. The van der Waals surface area contributed by atoms with Gasteiger partial charge < -0.3 is 9.47 Å². The summed E-state index contributed by atoms with van der Waals surface area (Å²) in [6.07, 6.45) is 8.08. The summed E-state index contributed by atoms with van der Waals surface area (Å²) >= 11 is 0. The summed E-state index contributed by atoms with van der Waals surface area (Å²) in [7, 11) is 2.23. The summed E-state index contributed by atoms with van der Waals surface area (Å²) in [5.41, 5.74) is 0.277. The summed E-state index contributed by atoms with van der Waals surface area (Å²) in [6, 6.07) is 0. The van der Waals surface area contributed by atoms with Gasteiger partial charge in [0.15, 0.2) is 0 Å². The van der Waals surface area contributed by atoms with Crippen LogP contribution in [0, 0.1) is 6.92 Å². The van der Waals surface area contributed by atoms with Crippen LogP contribution in [-0.2, 0) is 6.54 Å². The molecule has 1 aromatic rings. The predicted molar refractivity (Wildman–Crippen MR) is 84.0 cm³/mol. The van der Waals surface area contributed by atoms with Crippen molar-refractivity contribution < 1.29 is 0 Å². The van der Waals surface area contributed by atoms with Crippen molar-refractivity contribution in [2.45, 2.75) is 52.1 Å². The van der Waals surface area contributed by atoms with Gasteiger partial charge >= 0.3 is 0 Å². The van der Waals surface area contributed by atoms with E-state index < -0.39 is 0 Å². The largest absolute Gasteiger partial charge is 0.334 e. The van der Waals surface area contributed by atoms with E-state index in [1.807, 2.05) is 6.20 Å². The first kappa shape index (κ1) is 15.5. The van der Waals surface area contributed by atoms with Crippen molar-refractivity contribution in [1.29, 1.82) is 0 Å². The minimum atomic E-state index is 0.277. The van der Waals surface area contributed by atoms with Crippen LogP contribution in [0.5, 0.6) is 0 Å². The highest BCUT2D eigenvalue weighted by Gasteiger charge is 2.28. The van der Waals surface area contributed by atoms with Gasteiger partial charge in [0, 0.05) is 37.6 Å². The monoisotopic (exact) mass is 278 g/mol. The Labute approximate surface area is 123 Å². The molecule has 1 aromatic heterocycles. The maximum absolute atomic E-state index is 4.28. The van der Waals surface area contributed by atoms with Crippen LogP contribution in [0.1, 0.15) is 38.9 Å². The number of aryl methyl sites for hydroxylation is 1. The van der Waals surface area contributed by atoms with Crippen LogP contribution in [-0.4, -0.2) is 58.1 Å². The number of nitrogens with zero attached hydrogens (tertiary/aromatic N) is 4. The molecule has 2 heterocycles. The first-order valence-electron chi connectivity index (χ1n) is 7.90. The molecule has 0 aliphatic carbocycles. The van der Waals surface area contributed by atoms with Gasteiger partial charge in [-0.05, 0) is 53.8 Å². The van der Waals surface area contributed by atoms with Crippen LogP contribution < -0.4 is 0 Å². The summed E-state index contributed by atoms with van der Waals surface area (Å²) in [6.45, 7) is 12.6. The minimum Gasteiger partial charge on any atom is -0.334 e. The van der Waals surface area contributed by atoms with E-state index in [1.165, 1.54) is 32.4 Å². The summed E-state index contributed by atoms with van der Waals surface area (Å²) in [4.78, 5) is 9.39. The summed E-state index contributed by atoms with van der Waals surface area (Å²) in [5, 5.41) is 0. The summed E-state index contributed by atoms with van der Waals surface area (Å²) in [5.74, 6) is 1.11. The van der Waals surface area contributed by atoms with Crippen molar-refractivity contribution in [1.82, 2.24) is 19.4 Å². The highest BCUT2D eigenvalue weighted by molar-refractivity contribution is 4.89. The molecule has 1 fully saturated rings. The average Bonchev–Trinajstić information content (AvgIpc) is 2.82. The molecule has 1 saturated heterocycles. The molecular weight excluding hydrogens is 248 g/mol. The lowest BCUT2D eigenvalue weighted by Gasteiger charge is -2.43. The van der Waals surface area contributed by atoms with Gasteiger partial charge in [-0.15, -0.1) is 0 Å². The van der Waals surface area contributed by atoms with E-state index in [9.17, 15) is 0 Å². The molecule has 2 rings (SSSR count). The standard InChI is InChI=1S/C16H30N4/c1-15-17-8-11-19(15)13-12-18(4)14-16(2,3)20-9-6-5-7-10-20/h8,11H,5-7,9-10,12-14H2,1-4H3. The lowest BCUT2D eigenvalue weighted by Crippen LogP contribution is -2.53. The van der Waals surface area contributed by atoms with Gasteiger partial charge in [0.1, 0.15) is 5.82 Å². The Morgan fingerprint density at radius 3 is 2.55 bits per heavy atom. The molecule has 4 heteroatoms. The lowest BCUT2D eigenvalue weighted by molar-refractivity contribution is 0.0643. The van der Waals surface area contributed by atoms with Gasteiger partial charge in [-0.3, -0.25) is 4.90 Å². The fourth-order valence-electron chi connectivity index (χ4n) is 3.26. The minimum absolute atomic E-state index is 0.277. The first-order valence-corrected chi connectivity index (χ1v) is 7.90. The Hall–Kier alpha value is -0.870. The zero-order chi connectivity index (χ0) is 14.6. The van der Waals surface area contributed by atoms with E-state index in [1.54, 1.807) is 0 Å². The second kappa shape index (κ2) is 6.72. The molecular formula is C16H30N4. The van der Waals surface area contributed by atoms with Crippen LogP contribution in [0.2, 0.25) is 0 Å². The first-order chi connectivity index (χ1) is 9.49. The Morgan fingerprint density at radius 2 is 1.95 bits per heavy atom. The van der Waals surface area contributed by atoms with E-state index in [0.717, 1.165) is 25.5 Å². The molecule has 0 bridgehead atoms. The number of hydrogen-bond donors (Lipinski definition) is 0.